The minimum absolute atomic E-state index is 0.0579. The van der Waals surface area contributed by atoms with Crippen LogP contribution in [0, 0.1) is 11.3 Å². The summed E-state index contributed by atoms with van der Waals surface area (Å²) in [7, 11) is 3.88. The fourth-order valence-electron chi connectivity index (χ4n) is 5.32. The predicted molar refractivity (Wildman–Crippen MR) is 122 cm³/mol. The minimum Gasteiger partial charge on any atom is -0.354 e. The van der Waals surface area contributed by atoms with Crippen molar-refractivity contribution >= 4 is 5.91 Å². The van der Waals surface area contributed by atoms with E-state index in [4.69, 9.17) is 0 Å². The van der Waals surface area contributed by atoms with Gasteiger partial charge in [0.25, 0.3) is 5.91 Å². The highest BCUT2D eigenvalue weighted by Gasteiger charge is 2.51. The summed E-state index contributed by atoms with van der Waals surface area (Å²) in [6, 6.07) is 17.9. The predicted octanol–water partition coefficient (Wildman–Crippen LogP) is 3.58. The lowest BCUT2D eigenvalue weighted by Crippen LogP contribution is -2.57. The van der Waals surface area contributed by atoms with Crippen LogP contribution in [0.1, 0.15) is 47.1 Å². The van der Waals surface area contributed by atoms with E-state index in [9.17, 15) is 10.1 Å². The van der Waals surface area contributed by atoms with Crippen molar-refractivity contribution in [3.8, 4) is 6.07 Å². The molecule has 0 radical (unpaired) electrons. The van der Waals surface area contributed by atoms with Gasteiger partial charge in [-0.1, -0.05) is 24.3 Å². The highest BCUT2D eigenvalue weighted by atomic mass is 16.2. The van der Waals surface area contributed by atoms with Gasteiger partial charge >= 0.3 is 0 Å². The summed E-state index contributed by atoms with van der Waals surface area (Å²) in [5.41, 5.74) is 3.79. The van der Waals surface area contributed by atoms with Gasteiger partial charge in [-0.25, -0.2) is 0 Å². The van der Waals surface area contributed by atoms with E-state index in [1.54, 1.807) is 19.4 Å². The number of carbonyl (C=O) groups excluding carboxylic acids is 1. The standard InChI is InChI=1S/C26H27N5O/c1-28-26(32)23-11-6-14-31(23,2)25(20-8-3-7-19(15-20)16-27)24(21-9-4-12-29-17-21)22-10-5-13-30-18-22/h3-5,7-10,12-13,15,17-18,23-25H,6,11,14H2,1-2H3/p+1/t23-,25?,31?/m0/s1. The van der Waals surface area contributed by atoms with Crippen molar-refractivity contribution in [2.75, 3.05) is 20.6 Å². The summed E-state index contributed by atoms with van der Waals surface area (Å²) < 4.78 is 0.559. The zero-order valence-electron chi connectivity index (χ0n) is 18.5. The lowest BCUT2D eigenvalue weighted by Gasteiger charge is -2.46. The molecule has 1 aromatic carbocycles. The average Bonchev–Trinajstić information content (AvgIpc) is 3.25. The molecule has 0 saturated carbocycles. The van der Waals surface area contributed by atoms with Gasteiger partial charge in [0.2, 0.25) is 0 Å². The Morgan fingerprint density at radius 3 is 2.31 bits per heavy atom. The normalized spacial score (nSPS) is 21.1. The number of nitrogens with zero attached hydrogens (tertiary/aromatic N) is 4. The van der Waals surface area contributed by atoms with Gasteiger partial charge in [-0.3, -0.25) is 14.8 Å². The molecule has 1 N–H and O–H groups in total. The molecule has 3 aromatic rings. The van der Waals surface area contributed by atoms with Gasteiger partial charge in [0.05, 0.1) is 31.1 Å². The van der Waals surface area contributed by atoms with Crippen molar-refractivity contribution in [2.24, 2.45) is 0 Å². The monoisotopic (exact) mass is 426 g/mol. The van der Waals surface area contributed by atoms with Gasteiger partial charge in [-0.15, -0.1) is 0 Å². The number of rotatable bonds is 6. The number of likely N-dealkylation sites (tertiary alicyclic amines) is 1. The van der Waals surface area contributed by atoms with Crippen LogP contribution in [0.4, 0.5) is 0 Å². The molecular formula is C26H28N5O+. The maximum atomic E-state index is 13.0. The van der Waals surface area contributed by atoms with Crippen molar-refractivity contribution in [3.63, 3.8) is 0 Å². The zero-order valence-corrected chi connectivity index (χ0v) is 18.5. The molecule has 6 nitrogen and oxygen atoms in total. The summed E-state index contributed by atoms with van der Waals surface area (Å²) in [6.07, 6.45) is 9.14. The smallest absolute Gasteiger partial charge is 0.278 e. The lowest BCUT2D eigenvalue weighted by atomic mass is 9.80. The first kappa shape index (κ1) is 21.7. The summed E-state index contributed by atoms with van der Waals surface area (Å²) in [4.78, 5) is 21.8. The molecule has 1 amide bonds. The first-order valence-electron chi connectivity index (χ1n) is 10.9. The SMILES string of the molecule is CNC(=O)[C@@H]1CCC[N+]1(C)C(c1cccc(C#N)c1)C(c1cccnc1)c1cccnc1. The molecule has 4 rings (SSSR count). The maximum absolute atomic E-state index is 13.0. The second kappa shape index (κ2) is 9.29. The molecule has 162 valence electrons. The zero-order chi connectivity index (χ0) is 22.6. The number of amides is 1. The van der Waals surface area contributed by atoms with Crippen LogP contribution >= 0.6 is 0 Å². The van der Waals surface area contributed by atoms with Gasteiger partial charge in [0.1, 0.15) is 6.04 Å². The largest absolute Gasteiger partial charge is 0.354 e. The highest BCUT2D eigenvalue weighted by molar-refractivity contribution is 5.80. The number of hydrogen-bond donors (Lipinski definition) is 1. The molecule has 1 saturated heterocycles. The Kier molecular flexibility index (Phi) is 6.29. The molecule has 1 aliphatic rings. The maximum Gasteiger partial charge on any atom is 0.278 e. The average molecular weight is 427 g/mol. The fourth-order valence-corrected chi connectivity index (χ4v) is 5.32. The molecule has 3 heterocycles. The van der Waals surface area contributed by atoms with Crippen molar-refractivity contribution in [2.45, 2.75) is 30.8 Å². The van der Waals surface area contributed by atoms with Crippen molar-refractivity contribution in [3.05, 3.63) is 95.6 Å². The summed E-state index contributed by atoms with van der Waals surface area (Å²) in [6.45, 7) is 0.872. The van der Waals surface area contributed by atoms with Crippen LogP contribution in [0.3, 0.4) is 0 Å². The minimum atomic E-state index is -0.174. The Hall–Kier alpha value is -3.56. The van der Waals surface area contributed by atoms with E-state index in [1.165, 1.54) is 0 Å². The number of benzene rings is 1. The summed E-state index contributed by atoms with van der Waals surface area (Å²) in [5, 5.41) is 12.5. The molecule has 0 aliphatic carbocycles. The second-order valence-electron chi connectivity index (χ2n) is 8.58. The number of aromatic nitrogens is 2. The molecule has 2 aromatic heterocycles. The van der Waals surface area contributed by atoms with Crippen LogP contribution in [-0.4, -0.2) is 47.0 Å². The van der Waals surface area contributed by atoms with E-state index in [0.717, 1.165) is 36.1 Å². The van der Waals surface area contributed by atoms with Gasteiger partial charge < -0.3 is 9.80 Å². The van der Waals surface area contributed by atoms with Crippen LogP contribution in [0.2, 0.25) is 0 Å². The number of quaternary nitrogens is 1. The van der Waals surface area contributed by atoms with Crippen LogP contribution in [-0.2, 0) is 4.79 Å². The molecule has 1 aliphatic heterocycles. The number of carbonyl (C=O) groups is 1. The molecular weight excluding hydrogens is 398 g/mol. The van der Waals surface area contributed by atoms with Crippen LogP contribution < -0.4 is 5.32 Å². The van der Waals surface area contributed by atoms with Crippen molar-refractivity contribution < 1.29 is 9.28 Å². The van der Waals surface area contributed by atoms with E-state index in [-0.39, 0.29) is 23.9 Å². The molecule has 6 heteroatoms. The fraction of sp³-hybridized carbons (Fsp3) is 0.308. The van der Waals surface area contributed by atoms with Crippen LogP contribution in [0.15, 0.2) is 73.3 Å². The highest BCUT2D eigenvalue weighted by Crippen LogP contribution is 2.47. The first-order chi connectivity index (χ1) is 15.6. The molecule has 0 bridgehead atoms. The molecule has 32 heavy (non-hydrogen) atoms. The van der Waals surface area contributed by atoms with E-state index in [1.807, 2.05) is 42.7 Å². The van der Waals surface area contributed by atoms with Crippen LogP contribution in [0.25, 0.3) is 0 Å². The Morgan fingerprint density at radius 1 is 1.09 bits per heavy atom. The van der Waals surface area contributed by atoms with Crippen molar-refractivity contribution in [1.29, 1.82) is 5.26 Å². The molecule has 1 fully saturated rings. The van der Waals surface area contributed by atoms with E-state index < -0.39 is 0 Å². The number of nitriles is 1. The summed E-state index contributed by atoms with van der Waals surface area (Å²) in [5.74, 6) is -0.0239. The van der Waals surface area contributed by atoms with Gasteiger partial charge in [0.15, 0.2) is 6.04 Å². The van der Waals surface area contributed by atoms with Gasteiger partial charge in [-0.05, 0) is 35.4 Å². The Bertz CT molecular complexity index is 1070. The third-order valence-corrected chi connectivity index (χ3v) is 6.77. The third-order valence-electron chi connectivity index (χ3n) is 6.77. The van der Waals surface area contributed by atoms with E-state index in [0.29, 0.717) is 10.0 Å². The molecule has 3 atom stereocenters. The number of likely N-dealkylation sites (N-methyl/N-ethyl adjacent to an activating group) is 2. The lowest BCUT2D eigenvalue weighted by molar-refractivity contribution is -0.943. The molecule has 2 unspecified atom stereocenters. The van der Waals surface area contributed by atoms with E-state index >= 15 is 0 Å². The second-order valence-corrected chi connectivity index (χ2v) is 8.58. The molecule has 0 spiro atoms. The third kappa shape index (κ3) is 4.00. The Balaban J connectivity index is 1.97. The quantitative estimate of drug-likeness (QED) is 0.611. The van der Waals surface area contributed by atoms with Crippen LogP contribution in [0.5, 0.6) is 0 Å². The number of pyridine rings is 2. The summed E-state index contributed by atoms with van der Waals surface area (Å²) >= 11 is 0. The Labute approximate surface area is 189 Å². The van der Waals surface area contributed by atoms with Crippen molar-refractivity contribution in [1.82, 2.24) is 15.3 Å². The Morgan fingerprint density at radius 2 is 1.75 bits per heavy atom. The van der Waals surface area contributed by atoms with Gasteiger partial charge in [0, 0.05) is 50.2 Å². The number of nitrogens with one attached hydrogen (secondary N) is 1. The van der Waals surface area contributed by atoms with E-state index in [2.05, 4.69) is 46.6 Å². The first-order valence-corrected chi connectivity index (χ1v) is 10.9. The number of hydrogen-bond acceptors (Lipinski definition) is 4. The topological polar surface area (TPSA) is 78.7 Å². The van der Waals surface area contributed by atoms with Gasteiger partial charge in [-0.2, -0.15) is 5.26 Å².